The minimum absolute atomic E-state index is 1.67. The van der Waals surface area contributed by atoms with Gasteiger partial charge in [0.2, 0.25) is 0 Å². The molecule has 0 spiro atoms. The molecule has 0 atom stereocenters. The van der Waals surface area contributed by atoms with Crippen molar-refractivity contribution in [2.45, 2.75) is 6.18 Å². The first-order valence-electron chi connectivity index (χ1n) is 3.72. The van der Waals surface area contributed by atoms with E-state index in [1.165, 1.54) is 0 Å². The van der Waals surface area contributed by atoms with Crippen LogP contribution in [0.15, 0.2) is 0 Å². The molecule has 1 nitrogen and oxygen atoms in total. The van der Waals surface area contributed by atoms with Crippen molar-refractivity contribution in [1.29, 1.82) is 0 Å². The van der Waals surface area contributed by atoms with Crippen LogP contribution in [0.5, 0.6) is 0 Å². The van der Waals surface area contributed by atoms with Crippen molar-refractivity contribution >= 4 is 17.4 Å². The molecule has 0 saturated carbocycles. The number of hydrogen-bond donors (Lipinski definition) is 0. The molecule has 0 unspecified atom stereocenters. The molecule has 0 aromatic heterocycles. The van der Waals surface area contributed by atoms with E-state index in [2.05, 4.69) is 0 Å². The first-order valence-corrected chi connectivity index (χ1v) is 4.09. The zero-order chi connectivity index (χ0) is 13.5. The summed E-state index contributed by atoms with van der Waals surface area (Å²) < 4.78 is 87.0. The molecule has 0 radical (unpaired) electrons. The summed E-state index contributed by atoms with van der Waals surface area (Å²) in [5, 5.41) is -1.67. The summed E-state index contributed by atoms with van der Waals surface area (Å²) in [6.45, 7) is 0. The number of benzene rings is 1. The van der Waals surface area contributed by atoms with Crippen molar-refractivity contribution in [2.24, 2.45) is 0 Å². The molecule has 1 aromatic rings. The highest BCUT2D eigenvalue weighted by Gasteiger charge is 2.44. The Morgan fingerprint density at radius 1 is 0.882 bits per heavy atom. The second-order valence-corrected chi connectivity index (χ2v) is 3.15. The zero-order valence-electron chi connectivity index (χ0n) is 7.43. The lowest BCUT2D eigenvalue weighted by molar-refractivity contribution is -0.0890. The van der Waals surface area contributed by atoms with Crippen LogP contribution < -0.4 is 0 Å². The monoisotopic (exact) mass is 280 g/mol. The van der Waals surface area contributed by atoms with Crippen LogP contribution in [0.3, 0.4) is 0 Å². The lowest BCUT2D eigenvalue weighted by atomic mass is 10.1. The lowest BCUT2D eigenvalue weighted by Crippen LogP contribution is -2.26. The predicted molar refractivity (Wildman–Crippen MR) is 41.7 cm³/mol. The highest BCUT2D eigenvalue weighted by Crippen LogP contribution is 2.31. The molecule has 0 heterocycles. The second kappa shape index (κ2) is 4.17. The molecule has 94 valence electrons. The van der Waals surface area contributed by atoms with Gasteiger partial charge in [-0.1, -0.05) is 11.6 Å². The minimum atomic E-state index is -5.67. The summed E-state index contributed by atoms with van der Waals surface area (Å²) in [5.74, 6) is -12.6. The number of carbonyl (C=O) groups excluding carboxylic acids is 1. The first kappa shape index (κ1) is 13.8. The zero-order valence-corrected chi connectivity index (χ0v) is 8.19. The maximum Gasteiger partial charge on any atom is 0.455 e. The van der Waals surface area contributed by atoms with Gasteiger partial charge >= 0.3 is 6.18 Å². The molecule has 0 fully saturated rings. The Morgan fingerprint density at radius 2 is 1.24 bits per heavy atom. The first-order chi connectivity index (χ1) is 7.59. The number of alkyl halides is 3. The molecule has 9 heteroatoms. The summed E-state index contributed by atoms with van der Waals surface area (Å²) in [7, 11) is 0. The Morgan fingerprint density at radius 3 is 1.53 bits per heavy atom. The van der Waals surface area contributed by atoms with Crippen LogP contribution in [0.2, 0.25) is 5.02 Å². The number of carbonyl (C=O) groups is 1. The molecular formula is C8ClF7O. The van der Waals surface area contributed by atoms with Gasteiger partial charge in [-0.15, -0.1) is 0 Å². The number of hydrogen-bond acceptors (Lipinski definition) is 1. The van der Waals surface area contributed by atoms with Crippen molar-refractivity contribution in [2.75, 3.05) is 0 Å². The minimum Gasteiger partial charge on any atom is -0.284 e. The summed E-state index contributed by atoms with van der Waals surface area (Å²) in [5.41, 5.74) is -2.36. The molecule has 0 saturated heterocycles. The predicted octanol–water partition coefficient (Wildman–Crippen LogP) is 3.64. The van der Waals surface area contributed by atoms with E-state index in [0.717, 1.165) is 0 Å². The van der Waals surface area contributed by atoms with Gasteiger partial charge in [-0.2, -0.15) is 13.2 Å². The fraction of sp³-hybridized carbons (Fsp3) is 0.125. The molecule has 17 heavy (non-hydrogen) atoms. The largest absolute Gasteiger partial charge is 0.455 e. The van der Waals surface area contributed by atoms with E-state index in [1.807, 2.05) is 0 Å². The van der Waals surface area contributed by atoms with E-state index in [4.69, 9.17) is 11.6 Å². The van der Waals surface area contributed by atoms with Crippen LogP contribution in [0.25, 0.3) is 0 Å². The highest BCUT2D eigenvalue weighted by molar-refractivity contribution is 6.31. The lowest BCUT2D eigenvalue weighted by Gasteiger charge is -2.09. The SMILES string of the molecule is O=C(c1c(F)c(F)c(Cl)c(F)c1F)C(F)(F)F. The Kier molecular flexibility index (Phi) is 3.37. The van der Waals surface area contributed by atoms with Crippen molar-refractivity contribution in [3.8, 4) is 0 Å². The number of rotatable bonds is 1. The molecular weight excluding hydrogens is 281 g/mol. The van der Waals surface area contributed by atoms with Gasteiger partial charge in [-0.05, 0) is 0 Å². The van der Waals surface area contributed by atoms with Gasteiger partial charge in [-0.25, -0.2) is 17.6 Å². The van der Waals surface area contributed by atoms with Gasteiger partial charge in [0, 0.05) is 0 Å². The summed E-state index contributed by atoms with van der Waals surface area (Å²) >= 11 is 4.76. The molecule has 0 aliphatic rings. The van der Waals surface area contributed by atoms with Crippen molar-refractivity contribution < 1.29 is 35.5 Å². The fourth-order valence-electron chi connectivity index (χ4n) is 0.946. The number of halogens is 8. The molecule has 0 aliphatic carbocycles. The molecule has 1 aromatic carbocycles. The van der Waals surface area contributed by atoms with Gasteiger partial charge in [-0.3, -0.25) is 4.79 Å². The summed E-state index contributed by atoms with van der Waals surface area (Å²) in [6.07, 6.45) is -5.67. The van der Waals surface area contributed by atoms with Crippen LogP contribution in [0, 0.1) is 23.3 Å². The quantitative estimate of drug-likeness (QED) is 0.332. The molecule has 0 aliphatic heterocycles. The third-order valence-corrected chi connectivity index (χ3v) is 2.03. The average Bonchev–Trinajstić information content (AvgIpc) is 2.22. The van der Waals surface area contributed by atoms with Gasteiger partial charge < -0.3 is 0 Å². The van der Waals surface area contributed by atoms with Crippen molar-refractivity contribution in [1.82, 2.24) is 0 Å². The van der Waals surface area contributed by atoms with E-state index < -0.39 is 45.8 Å². The van der Waals surface area contributed by atoms with Crippen LogP contribution in [-0.4, -0.2) is 12.0 Å². The highest BCUT2D eigenvalue weighted by atomic mass is 35.5. The number of Topliss-reactive ketones (excluding diaryl/α,β-unsaturated/α-hetero) is 1. The maximum atomic E-state index is 12.9. The molecule has 0 amide bonds. The normalized spacial score (nSPS) is 11.8. The van der Waals surface area contributed by atoms with E-state index in [-0.39, 0.29) is 0 Å². The van der Waals surface area contributed by atoms with Crippen LogP contribution in [-0.2, 0) is 0 Å². The van der Waals surface area contributed by atoms with E-state index in [1.54, 1.807) is 0 Å². The Bertz CT molecular complexity index is 465. The van der Waals surface area contributed by atoms with Crippen LogP contribution >= 0.6 is 11.6 Å². The summed E-state index contributed by atoms with van der Waals surface area (Å²) in [6, 6.07) is 0. The second-order valence-electron chi connectivity index (χ2n) is 2.77. The third-order valence-electron chi connectivity index (χ3n) is 1.69. The van der Waals surface area contributed by atoms with Crippen LogP contribution in [0.1, 0.15) is 10.4 Å². The van der Waals surface area contributed by atoms with E-state index in [9.17, 15) is 35.5 Å². The molecule has 0 N–H and O–H groups in total. The topological polar surface area (TPSA) is 17.1 Å². The van der Waals surface area contributed by atoms with Gasteiger partial charge in [0.1, 0.15) is 10.6 Å². The van der Waals surface area contributed by atoms with E-state index >= 15 is 0 Å². The van der Waals surface area contributed by atoms with Crippen LogP contribution in [0.4, 0.5) is 30.7 Å². The van der Waals surface area contributed by atoms with Crippen molar-refractivity contribution in [3.05, 3.63) is 33.9 Å². The van der Waals surface area contributed by atoms with Gasteiger partial charge in [0.25, 0.3) is 5.78 Å². The molecule has 0 bridgehead atoms. The van der Waals surface area contributed by atoms with Crippen molar-refractivity contribution in [3.63, 3.8) is 0 Å². The van der Waals surface area contributed by atoms with Gasteiger partial charge in [0.05, 0.1) is 0 Å². The van der Waals surface area contributed by atoms with Gasteiger partial charge in [0.15, 0.2) is 23.3 Å². The maximum absolute atomic E-state index is 12.9. The number of ketones is 1. The molecule has 1 rings (SSSR count). The Hall–Kier alpha value is -1.31. The Labute approximate surface area is 93.8 Å². The standard InChI is InChI=1S/C8ClF7O/c9-2-5(12)3(10)1(4(11)6(2)13)7(17)8(14,15)16. The third kappa shape index (κ3) is 2.21. The fourth-order valence-corrected chi connectivity index (χ4v) is 1.11. The van der Waals surface area contributed by atoms with E-state index in [0.29, 0.717) is 0 Å². The Balaban J connectivity index is 3.62. The summed E-state index contributed by atoms with van der Waals surface area (Å²) in [4.78, 5) is 10.5. The smallest absolute Gasteiger partial charge is 0.284 e. The average molecular weight is 281 g/mol.